The van der Waals surface area contributed by atoms with Crippen LogP contribution < -0.4 is 5.73 Å². The van der Waals surface area contributed by atoms with Crippen LogP contribution in [0.4, 0.5) is 5.82 Å². The molecule has 3 aromatic rings. The van der Waals surface area contributed by atoms with Crippen molar-refractivity contribution < 1.29 is 0 Å². The van der Waals surface area contributed by atoms with Gasteiger partial charge in [0, 0.05) is 23.3 Å². The Morgan fingerprint density at radius 1 is 1.00 bits per heavy atom. The van der Waals surface area contributed by atoms with Gasteiger partial charge < -0.3 is 5.73 Å². The van der Waals surface area contributed by atoms with E-state index in [1.54, 1.807) is 12.4 Å². The van der Waals surface area contributed by atoms with Crippen molar-refractivity contribution in [1.29, 1.82) is 0 Å². The van der Waals surface area contributed by atoms with E-state index in [-0.39, 0.29) is 0 Å². The molecule has 3 nitrogen and oxygen atoms in total. The Labute approximate surface area is 105 Å². The average Bonchev–Trinajstić information content (AvgIpc) is 2.38. The lowest BCUT2D eigenvalue weighted by atomic mass is 10.00. The number of pyridine rings is 2. The predicted octanol–water partition coefficient (Wildman–Crippen LogP) is 3.19. The smallest absolute Gasteiger partial charge is 0.131 e. The molecule has 18 heavy (non-hydrogen) atoms. The highest BCUT2D eigenvalue weighted by Gasteiger charge is 2.07. The molecule has 0 spiro atoms. The molecule has 0 amide bonds. The van der Waals surface area contributed by atoms with E-state index in [0.29, 0.717) is 5.82 Å². The van der Waals surface area contributed by atoms with Crippen molar-refractivity contribution in [2.45, 2.75) is 6.92 Å². The number of nitrogens with two attached hydrogens (primary N) is 1. The average molecular weight is 235 g/mol. The molecule has 0 aliphatic rings. The van der Waals surface area contributed by atoms with Crippen molar-refractivity contribution in [2.24, 2.45) is 0 Å². The van der Waals surface area contributed by atoms with Crippen molar-refractivity contribution >= 4 is 16.7 Å². The maximum atomic E-state index is 5.97. The van der Waals surface area contributed by atoms with Crippen LogP contribution in [0.1, 0.15) is 5.56 Å². The summed E-state index contributed by atoms with van der Waals surface area (Å²) in [6, 6.07) is 12.1. The van der Waals surface area contributed by atoms with Gasteiger partial charge in [-0.2, -0.15) is 0 Å². The first-order valence-electron chi connectivity index (χ1n) is 5.82. The first kappa shape index (κ1) is 10.7. The molecule has 2 heterocycles. The lowest BCUT2D eigenvalue weighted by molar-refractivity contribution is 1.29. The number of nitrogens with zero attached hydrogens (tertiary/aromatic N) is 2. The minimum Gasteiger partial charge on any atom is -0.383 e. The van der Waals surface area contributed by atoms with E-state index in [4.69, 9.17) is 5.73 Å². The van der Waals surface area contributed by atoms with Gasteiger partial charge in [-0.3, -0.25) is 4.98 Å². The van der Waals surface area contributed by atoms with Crippen LogP contribution in [0.15, 0.2) is 48.8 Å². The fourth-order valence-corrected chi connectivity index (χ4v) is 2.19. The Balaban J connectivity index is 2.26. The summed E-state index contributed by atoms with van der Waals surface area (Å²) < 4.78 is 0. The minimum atomic E-state index is 0.568. The van der Waals surface area contributed by atoms with Gasteiger partial charge in [-0.15, -0.1) is 0 Å². The number of aromatic nitrogens is 2. The van der Waals surface area contributed by atoms with Gasteiger partial charge in [0.05, 0.1) is 5.52 Å². The van der Waals surface area contributed by atoms with Gasteiger partial charge in [-0.1, -0.05) is 12.1 Å². The SMILES string of the molecule is Cc1ccnc(N)c1-c1ccc2ncccc2c1. The zero-order valence-electron chi connectivity index (χ0n) is 10.1. The molecule has 0 radical (unpaired) electrons. The van der Waals surface area contributed by atoms with Crippen molar-refractivity contribution in [2.75, 3.05) is 5.73 Å². The van der Waals surface area contributed by atoms with E-state index >= 15 is 0 Å². The van der Waals surface area contributed by atoms with E-state index in [0.717, 1.165) is 27.6 Å². The quantitative estimate of drug-likeness (QED) is 0.704. The number of hydrogen-bond acceptors (Lipinski definition) is 3. The molecule has 0 saturated carbocycles. The fraction of sp³-hybridized carbons (Fsp3) is 0.0667. The van der Waals surface area contributed by atoms with E-state index in [1.807, 2.05) is 37.3 Å². The second-order valence-corrected chi connectivity index (χ2v) is 4.30. The van der Waals surface area contributed by atoms with Crippen molar-refractivity contribution in [3.8, 4) is 11.1 Å². The Bertz CT molecular complexity index is 700. The van der Waals surface area contributed by atoms with Crippen LogP contribution in [0, 0.1) is 6.92 Å². The molecule has 88 valence electrons. The van der Waals surface area contributed by atoms with Gasteiger partial charge in [0.15, 0.2) is 0 Å². The third-order valence-electron chi connectivity index (χ3n) is 3.08. The topological polar surface area (TPSA) is 51.8 Å². The molecule has 0 fully saturated rings. The number of benzene rings is 1. The van der Waals surface area contributed by atoms with Gasteiger partial charge in [-0.25, -0.2) is 4.98 Å². The summed E-state index contributed by atoms with van der Waals surface area (Å²) in [4.78, 5) is 8.47. The standard InChI is InChI=1S/C15H13N3/c1-10-6-8-18-15(16)14(10)12-4-5-13-11(9-12)3-2-7-17-13/h2-9H,1H3,(H2,16,18). The molecule has 2 aromatic heterocycles. The van der Waals surface area contributed by atoms with E-state index in [1.165, 1.54) is 0 Å². The maximum absolute atomic E-state index is 5.97. The molecule has 3 heteroatoms. The Morgan fingerprint density at radius 3 is 2.72 bits per heavy atom. The van der Waals surface area contributed by atoms with Gasteiger partial charge in [0.25, 0.3) is 0 Å². The molecule has 0 saturated heterocycles. The molecular weight excluding hydrogens is 222 g/mol. The van der Waals surface area contributed by atoms with Crippen LogP contribution >= 0.6 is 0 Å². The highest BCUT2D eigenvalue weighted by atomic mass is 14.8. The monoisotopic (exact) mass is 235 g/mol. The third kappa shape index (κ3) is 1.70. The largest absolute Gasteiger partial charge is 0.383 e. The van der Waals surface area contributed by atoms with Crippen LogP contribution in [-0.4, -0.2) is 9.97 Å². The molecular formula is C15H13N3. The van der Waals surface area contributed by atoms with E-state index in [2.05, 4.69) is 16.0 Å². The number of rotatable bonds is 1. The van der Waals surface area contributed by atoms with Crippen LogP contribution in [-0.2, 0) is 0 Å². The summed E-state index contributed by atoms with van der Waals surface area (Å²) >= 11 is 0. The fourth-order valence-electron chi connectivity index (χ4n) is 2.19. The molecule has 2 N–H and O–H groups in total. The highest BCUT2D eigenvalue weighted by Crippen LogP contribution is 2.29. The van der Waals surface area contributed by atoms with Gasteiger partial charge in [-0.05, 0) is 42.3 Å². The second kappa shape index (κ2) is 4.11. The summed E-state index contributed by atoms with van der Waals surface area (Å²) in [5.74, 6) is 0.568. The van der Waals surface area contributed by atoms with Crippen molar-refractivity contribution in [3.05, 3.63) is 54.4 Å². The zero-order chi connectivity index (χ0) is 12.5. The molecule has 0 aliphatic heterocycles. The number of aryl methyl sites for hydroxylation is 1. The van der Waals surface area contributed by atoms with Crippen molar-refractivity contribution in [3.63, 3.8) is 0 Å². The normalized spacial score (nSPS) is 10.7. The minimum absolute atomic E-state index is 0.568. The summed E-state index contributed by atoms with van der Waals surface area (Å²) in [6.07, 6.45) is 3.53. The molecule has 1 aromatic carbocycles. The van der Waals surface area contributed by atoms with E-state index < -0.39 is 0 Å². The van der Waals surface area contributed by atoms with Gasteiger partial charge in [0.1, 0.15) is 5.82 Å². The van der Waals surface area contributed by atoms with Gasteiger partial charge >= 0.3 is 0 Å². The van der Waals surface area contributed by atoms with Crippen LogP contribution in [0.3, 0.4) is 0 Å². The molecule has 0 bridgehead atoms. The second-order valence-electron chi connectivity index (χ2n) is 4.30. The number of fused-ring (bicyclic) bond motifs is 1. The number of anilines is 1. The molecule has 0 unspecified atom stereocenters. The Kier molecular flexibility index (Phi) is 2.45. The van der Waals surface area contributed by atoms with Gasteiger partial charge in [0.2, 0.25) is 0 Å². The third-order valence-corrected chi connectivity index (χ3v) is 3.08. The lowest BCUT2D eigenvalue weighted by Crippen LogP contribution is -1.96. The number of hydrogen-bond donors (Lipinski definition) is 1. The molecule has 0 aliphatic carbocycles. The Morgan fingerprint density at radius 2 is 1.89 bits per heavy atom. The summed E-state index contributed by atoms with van der Waals surface area (Å²) in [5, 5.41) is 1.11. The summed E-state index contributed by atoms with van der Waals surface area (Å²) in [5.41, 5.74) is 10.2. The molecule has 3 rings (SSSR count). The summed E-state index contributed by atoms with van der Waals surface area (Å²) in [6.45, 7) is 2.04. The summed E-state index contributed by atoms with van der Waals surface area (Å²) in [7, 11) is 0. The zero-order valence-corrected chi connectivity index (χ0v) is 10.1. The Hall–Kier alpha value is -2.42. The first-order valence-corrected chi connectivity index (χ1v) is 5.82. The van der Waals surface area contributed by atoms with Crippen LogP contribution in [0.25, 0.3) is 22.0 Å². The molecule has 0 atom stereocenters. The van der Waals surface area contributed by atoms with E-state index in [9.17, 15) is 0 Å². The first-order chi connectivity index (χ1) is 8.75. The van der Waals surface area contributed by atoms with Crippen LogP contribution in [0.5, 0.6) is 0 Å². The van der Waals surface area contributed by atoms with Crippen LogP contribution in [0.2, 0.25) is 0 Å². The maximum Gasteiger partial charge on any atom is 0.131 e. The van der Waals surface area contributed by atoms with Crippen molar-refractivity contribution in [1.82, 2.24) is 9.97 Å². The lowest BCUT2D eigenvalue weighted by Gasteiger charge is -2.09. The number of nitrogen functional groups attached to an aromatic ring is 1. The highest BCUT2D eigenvalue weighted by molar-refractivity contribution is 5.87. The predicted molar refractivity (Wildman–Crippen MR) is 74.1 cm³/mol.